The van der Waals surface area contributed by atoms with Gasteiger partial charge in [-0.3, -0.25) is 14.5 Å². The maximum absolute atomic E-state index is 12.6. The van der Waals surface area contributed by atoms with Crippen LogP contribution in [0.2, 0.25) is 0 Å². The molecule has 144 valence electrons. The predicted molar refractivity (Wildman–Crippen MR) is 101 cm³/mol. The van der Waals surface area contributed by atoms with Gasteiger partial charge in [-0.2, -0.15) is 0 Å². The lowest BCUT2D eigenvalue weighted by Gasteiger charge is -2.22. The summed E-state index contributed by atoms with van der Waals surface area (Å²) in [6, 6.07) is 5.77. The van der Waals surface area contributed by atoms with Gasteiger partial charge in [-0.15, -0.1) is 0 Å². The monoisotopic (exact) mass is 371 g/mol. The van der Waals surface area contributed by atoms with E-state index < -0.39 is 6.04 Å². The molecule has 3 fully saturated rings. The van der Waals surface area contributed by atoms with Crippen LogP contribution in [0.1, 0.15) is 19.3 Å². The van der Waals surface area contributed by atoms with Crippen LogP contribution in [-0.2, 0) is 9.59 Å². The van der Waals surface area contributed by atoms with Crippen molar-refractivity contribution in [2.24, 2.45) is 5.73 Å². The first kappa shape index (κ1) is 17.9. The number of hydrogen-bond acceptors (Lipinski definition) is 5. The minimum Gasteiger partial charge on any atom is -0.325 e. The van der Waals surface area contributed by atoms with Gasteiger partial charge >= 0.3 is 6.03 Å². The van der Waals surface area contributed by atoms with Crippen LogP contribution < -0.4 is 15.5 Å². The topological polar surface area (TPSA) is 90.2 Å². The Balaban J connectivity index is 1.46. The fourth-order valence-corrected chi connectivity index (χ4v) is 4.15. The summed E-state index contributed by atoms with van der Waals surface area (Å²) < 4.78 is 0. The van der Waals surface area contributed by atoms with Gasteiger partial charge in [0.2, 0.25) is 5.91 Å². The Labute approximate surface area is 158 Å². The normalized spacial score (nSPS) is 25.4. The van der Waals surface area contributed by atoms with Gasteiger partial charge in [0, 0.05) is 25.3 Å². The molecular weight excluding hydrogens is 346 g/mol. The summed E-state index contributed by atoms with van der Waals surface area (Å²) in [4.78, 5) is 44.2. The van der Waals surface area contributed by atoms with Crippen molar-refractivity contribution in [1.29, 1.82) is 0 Å². The lowest BCUT2D eigenvalue weighted by Crippen LogP contribution is -2.41. The van der Waals surface area contributed by atoms with E-state index in [1.165, 1.54) is 4.90 Å². The summed E-state index contributed by atoms with van der Waals surface area (Å²) in [5.41, 5.74) is 7.23. The molecule has 0 aliphatic carbocycles. The van der Waals surface area contributed by atoms with E-state index in [1.807, 2.05) is 0 Å². The van der Waals surface area contributed by atoms with E-state index in [-0.39, 0.29) is 23.9 Å². The molecule has 2 N–H and O–H groups in total. The number of amides is 4. The number of fused-ring (bicyclic) bond motifs is 1. The van der Waals surface area contributed by atoms with E-state index in [0.29, 0.717) is 25.2 Å². The molecule has 3 aliphatic rings. The fraction of sp³-hybridized carbons (Fsp3) is 0.526. The van der Waals surface area contributed by atoms with E-state index >= 15 is 0 Å². The van der Waals surface area contributed by atoms with Gasteiger partial charge in [0.1, 0.15) is 6.04 Å². The molecule has 1 aromatic rings. The zero-order chi connectivity index (χ0) is 19.1. The molecule has 0 saturated carbocycles. The third kappa shape index (κ3) is 3.08. The van der Waals surface area contributed by atoms with Crippen molar-refractivity contribution >= 4 is 29.2 Å². The summed E-state index contributed by atoms with van der Waals surface area (Å²) in [7, 11) is 1.74. The van der Waals surface area contributed by atoms with Crippen LogP contribution in [0.4, 0.5) is 16.2 Å². The molecule has 3 saturated heterocycles. The van der Waals surface area contributed by atoms with Crippen LogP contribution in [0.25, 0.3) is 0 Å². The number of carbonyl (C=O) groups excluding carboxylic acids is 3. The lowest BCUT2D eigenvalue weighted by atomic mass is 10.1. The molecule has 8 nitrogen and oxygen atoms in total. The fourth-order valence-electron chi connectivity index (χ4n) is 4.15. The average molecular weight is 371 g/mol. The first-order chi connectivity index (χ1) is 13.0. The molecule has 0 aromatic heterocycles. The van der Waals surface area contributed by atoms with E-state index in [0.717, 1.165) is 31.6 Å². The third-order valence-corrected chi connectivity index (χ3v) is 5.78. The SMILES string of the molecule is CN(C(=O)CN1CCCC1)c1ccc(N2C(=O)[C@@H]3[C@H](N)CCN3C2=O)cc1. The Hall–Kier alpha value is -2.45. The lowest BCUT2D eigenvalue weighted by molar-refractivity contribution is -0.120. The molecule has 0 spiro atoms. The quantitative estimate of drug-likeness (QED) is 0.784. The van der Waals surface area contributed by atoms with Crippen molar-refractivity contribution in [2.45, 2.75) is 31.3 Å². The number of carbonyl (C=O) groups is 3. The molecule has 4 rings (SSSR count). The highest BCUT2D eigenvalue weighted by Gasteiger charge is 2.51. The first-order valence-electron chi connectivity index (χ1n) is 9.46. The Bertz CT molecular complexity index is 759. The van der Waals surface area contributed by atoms with Gasteiger partial charge in [0.25, 0.3) is 5.91 Å². The molecule has 3 heterocycles. The van der Waals surface area contributed by atoms with Crippen molar-refractivity contribution in [3.05, 3.63) is 24.3 Å². The Morgan fingerprint density at radius 2 is 1.81 bits per heavy atom. The van der Waals surface area contributed by atoms with Crippen LogP contribution in [0, 0.1) is 0 Å². The van der Waals surface area contributed by atoms with Crippen LogP contribution in [0.3, 0.4) is 0 Å². The predicted octanol–water partition coefficient (Wildman–Crippen LogP) is 0.613. The van der Waals surface area contributed by atoms with Gasteiger partial charge in [0.05, 0.1) is 12.2 Å². The van der Waals surface area contributed by atoms with Gasteiger partial charge < -0.3 is 15.5 Å². The number of nitrogens with zero attached hydrogens (tertiary/aromatic N) is 4. The second-order valence-corrected chi connectivity index (χ2v) is 7.50. The Morgan fingerprint density at radius 3 is 2.44 bits per heavy atom. The largest absolute Gasteiger partial charge is 0.332 e. The van der Waals surface area contributed by atoms with Crippen LogP contribution >= 0.6 is 0 Å². The Morgan fingerprint density at radius 1 is 1.15 bits per heavy atom. The van der Waals surface area contributed by atoms with Gasteiger partial charge in [-0.05, 0) is 56.6 Å². The third-order valence-electron chi connectivity index (χ3n) is 5.78. The van der Waals surface area contributed by atoms with E-state index in [1.54, 1.807) is 41.1 Å². The van der Waals surface area contributed by atoms with Crippen molar-refractivity contribution in [2.75, 3.05) is 43.0 Å². The number of urea groups is 1. The summed E-state index contributed by atoms with van der Waals surface area (Å²) in [6.07, 6.45) is 2.94. The number of likely N-dealkylation sites (tertiary alicyclic amines) is 1. The van der Waals surface area contributed by atoms with Crippen molar-refractivity contribution in [3.63, 3.8) is 0 Å². The number of benzene rings is 1. The molecule has 3 aliphatic heterocycles. The molecule has 2 atom stereocenters. The van der Waals surface area contributed by atoms with Crippen LogP contribution in [-0.4, -0.2) is 73.0 Å². The zero-order valence-corrected chi connectivity index (χ0v) is 15.5. The maximum atomic E-state index is 12.6. The van der Waals surface area contributed by atoms with Crippen molar-refractivity contribution in [1.82, 2.24) is 9.80 Å². The Kier molecular flexibility index (Phi) is 4.61. The molecule has 1 aromatic carbocycles. The highest BCUT2D eigenvalue weighted by Crippen LogP contribution is 2.31. The van der Waals surface area contributed by atoms with Gasteiger partial charge in [0.15, 0.2) is 0 Å². The standard InChI is InChI=1S/C19H25N5O3/c1-21(16(25)12-22-9-2-3-10-22)13-4-6-14(7-5-13)24-18(26)17-15(20)8-11-23(17)19(24)27/h4-7,15,17H,2-3,8-12,20H2,1H3/t15-,17+/m1/s1. The highest BCUT2D eigenvalue weighted by molar-refractivity contribution is 6.22. The molecule has 0 bridgehead atoms. The first-order valence-corrected chi connectivity index (χ1v) is 9.46. The van der Waals surface area contributed by atoms with Gasteiger partial charge in [-0.25, -0.2) is 9.69 Å². The maximum Gasteiger partial charge on any atom is 0.332 e. The average Bonchev–Trinajstić information content (AvgIpc) is 3.36. The number of anilines is 2. The second-order valence-electron chi connectivity index (χ2n) is 7.50. The number of rotatable bonds is 4. The molecule has 8 heteroatoms. The molecule has 0 unspecified atom stereocenters. The summed E-state index contributed by atoms with van der Waals surface area (Å²) >= 11 is 0. The second kappa shape index (κ2) is 6.94. The zero-order valence-electron chi connectivity index (χ0n) is 15.5. The smallest absolute Gasteiger partial charge is 0.325 e. The number of hydrogen-bond donors (Lipinski definition) is 1. The van der Waals surface area contributed by atoms with E-state index in [2.05, 4.69) is 4.90 Å². The molecule has 0 radical (unpaired) electrons. The minimum absolute atomic E-state index is 0.0320. The minimum atomic E-state index is -0.554. The number of nitrogens with two attached hydrogens (primary N) is 1. The van der Waals surface area contributed by atoms with E-state index in [4.69, 9.17) is 5.73 Å². The molecular formula is C19H25N5O3. The molecule has 4 amide bonds. The molecule has 27 heavy (non-hydrogen) atoms. The summed E-state index contributed by atoms with van der Waals surface area (Å²) in [5, 5.41) is 0. The highest BCUT2D eigenvalue weighted by atomic mass is 16.2. The van der Waals surface area contributed by atoms with Crippen LogP contribution in [0.5, 0.6) is 0 Å². The van der Waals surface area contributed by atoms with Gasteiger partial charge in [-0.1, -0.05) is 0 Å². The van der Waals surface area contributed by atoms with Crippen molar-refractivity contribution in [3.8, 4) is 0 Å². The van der Waals surface area contributed by atoms with Crippen molar-refractivity contribution < 1.29 is 14.4 Å². The summed E-state index contributed by atoms with van der Waals surface area (Å²) in [6.45, 7) is 2.86. The number of likely N-dealkylation sites (N-methyl/N-ethyl adjacent to an activating group) is 1. The van der Waals surface area contributed by atoms with Crippen LogP contribution in [0.15, 0.2) is 24.3 Å². The number of imide groups is 1. The van der Waals surface area contributed by atoms with E-state index in [9.17, 15) is 14.4 Å². The summed E-state index contributed by atoms with van der Waals surface area (Å²) in [5.74, 6) is -0.235.